The largest absolute Gasteiger partial charge is 0.466 e. The van der Waals surface area contributed by atoms with Gasteiger partial charge in [0.2, 0.25) is 0 Å². The van der Waals surface area contributed by atoms with Crippen LogP contribution in [0.15, 0.2) is 60.7 Å². The Morgan fingerprint density at radius 2 is 1.12 bits per heavy atom. The summed E-state index contributed by atoms with van der Waals surface area (Å²) in [7, 11) is 0. The van der Waals surface area contributed by atoms with Gasteiger partial charge in [-0.3, -0.25) is 9.59 Å². The number of allylic oxidation sites excluding steroid dienone is 2. The Labute approximate surface area is 201 Å². The maximum Gasteiger partial charge on any atom is 0.313 e. The zero-order chi connectivity index (χ0) is 23.7. The minimum atomic E-state index is -0.702. The van der Waals surface area contributed by atoms with Gasteiger partial charge in [-0.15, -0.1) is 0 Å². The second-order valence-corrected chi connectivity index (χ2v) is 9.44. The van der Waals surface area contributed by atoms with E-state index in [0.29, 0.717) is 0 Å². The van der Waals surface area contributed by atoms with Crippen LogP contribution in [0.3, 0.4) is 0 Å². The molecule has 3 aliphatic carbocycles. The van der Waals surface area contributed by atoms with Gasteiger partial charge in [0.1, 0.15) is 0 Å². The van der Waals surface area contributed by atoms with Crippen LogP contribution in [0.4, 0.5) is 0 Å². The molecular formula is C30H32O4. The first-order valence-corrected chi connectivity index (χ1v) is 12.5. The van der Waals surface area contributed by atoms with Gasteiger partial charge >= 0.3 is 11.9 Å². The molecule has 0 unspecified atom stereocenters. The van der Waals surface area contributed by atoms with Crippen molar-refractivity contribution < 1.29 is 19.1 Å². The minimum Gasteiger partial charge on any atom is -0.466 e. The predicted molar refractivity (Wildman–Crippen MR) is 132 cm³/mol. The second-order valence-electron chi connectivity index (χ2n) is 9.44. The van der Waals surface area contributed by atoms with Crippen LogP contribution in [-0.2, 0) is 44.7 Å². The van der Waals surface area contributed by atoms with Crippen molar-refractivity contribution in [3.8, 4) is 0 Å². The molecule has 0 aliphatic heterocycles. The van der Waals surface area contributed by atoms with Crippen LogP contribution in [0.25, 0.3) is 0 Å². The fourth-order valence-corrected chi connectivity index (χ4v) is 5.71. The van der Waals surface area contributed by atoms with E-state index in [-0.39, 0.29) is 37.0 Å². The van der Waals surface area contributed by atoms with Gasteiger partial charge in [-0.1, -0.05) is 60.7 Å². The van der Waals surface area contributed by atoms with Crippen molar-refractivity contribution in [2.45, 2.75) is 51.4 Å². The van der Waals surface area contributed by atoms with Crippen LogP contribution in [-0.4, -0.2) is 25.2 Å². The van der Waals surface area contributed by atoms with Crippen LogP contribution in [0.2, 0.25) is 0 Å². The van der Waals surface area contributed by atoms with E-state index in [1.54, 1.807) is 13.8 Å². The Hall–Kier alpha value is -3.14. The molecule has 0 amide bonds. The van der Waals surface area contributed by atoms with E-state index in [2.05, 4.69) is 48.6 Å². The summed E-state index contributed by atoms with van der Waals surface area (Å²) in [5, 5.41) is 0. The number of carbonyl (C=O) groups excluding carboxylic acids is 2. The van der Waals surface area contributed by atoms with E-state index in [0.717, 1.165) is 25.7 Å². The molecule has 4 atom stereocenters. The number of fused-ring (bicyclic) bond motifs is 2. The Morgan fingerprint density at radius 3 is 1.53 bits per heavy atom. The van der Waals surface area contributed by atoms with Gasteiger partial charge in [-0.2, -0.15) is 0 Å². The summed E-state index contributed by atoms with van der Waals surface area (Å²) in [6.07, 6.45) is 12.1. The van der Waals surface area contributed by atoms with E-state index >= 15 is 0 Å². The second kappa shape index (κ2) is 9.61. The SMILES string of the molecule is CCOC(=O)[C@H]1/C=C/[C@@H]2c3cc4ccc3CCc3ccc(cc3[C@@H]2/C=C/[C@H]1C(=O)OCC)CC4. The molecule has 34 heavy (non-hydrogen) atoms. The molecule has 2 aromatic rings. The highest BCUT2D eigenvalue weighted by Crippen LogP contribution is 2.44. The van der Waals surface area contributed by atoms with Crippen molar-refractivity contribution in [2.24, 2.45) is 11.8 Å². The van der Waals surface area contributed by atoms with E-state index in [1.165, 1.54) is 33.4 Å². The molecule has 4 nitrogen and oxygen atoms in total. The third-order valence-corrected chi connectivity index (χ3v) is 7.45. The highest BCUT2D eigenvalue weighted by molar-refractivity contribution is 5.85. The molecule has 5 rings (SSSR count). The molecule has 0 heterocycles. The van der Waals surface area contributed by atoms with E-state index in [9.17, 15) is 9.59 Å². The molecule has 0 radical (unpaired) electrons. The smallest absolute Gasteiger partial charge is 0.313 e. The molecule has 0 aromatic heterocycles. The highest BCUT2D eigenvalue weighted by Gasteiger charge is 2.36. The van der Waals surface area contributed by atoms with E-state index in [1.807, 2.05) is 12.2 Å². The highest BCUT2D eigenvalue weighted by atomic mass is 16.5. The molecule has 4 bridgehead atoms. The zero-order valence-corrected chi connectivity index (χ0v) is 20.0. The quantitative estimate of drug-likeness (QED) is 0.467. The summed E-state index contributed by atoms with van der Waals surface area (Å²) in [6.45, 7) is 4.12. The maximum atomic E-state index is 12.9. The van der Waals surface area contributed by atoms with Gasteiger partial charge in [-0.25, -0.2) is 0 Å². The molecule has 3 aliphatic rings. The van der Waals surface area contributed by atoms with Crippen molar-refractivity contribution in [1.29, 1.82) is 0 Å². The van der Waals surface area contributed by atoms with Gasteiger partial charge in [0.15, 0.2) is 0 Å². The fourth-order valence-electron chi connectivity index (χ4n) is 5.71. The first-order chi connectivity index (χ1) is 16.6. The van der Waals surface area contributed by atoms with Gasteiger partial charge in [0.25, 0.3) is 0 Å². The molecule has 0 saturated carbocycles. The van der Waals surface area contributed by atoms with Gasteiger partial charge in [0.05, 0.1) is 25.0 Å². The summed E-state index contributed by atoms with van der Waals surface area (Å²) in [5.41, 5.74) is 8.08. The number of ether oxygens (including phenoxy) is 2. The van der Waals surface area contributed by atoms with Crippen molar-refractivity contribution in [3.05, 3.63) is 94.1 Å². The van der Waals surface area contributed by atoms with Crippen LogP contribution in [0.1, 0.15) is 59.1 Å². The number of benzene rings is 2. The number of rotatable bonds is 4. The number of esters is 2. The summed E-state index contributed by atoms with van der Waals surface area (Å²) >= 11 is 0. The van der Waals surface area contributed by atoms with Crippen molar-refractivity contribution in [1.82, 2.24) is 0 Å². The number of hydrogen-bond donors (Lipinski definition) is 0. The van der Waals surface area contributed by atoms with Crippen molar-refractivity contribution in [3.63, 3.8) is 0 Å². The average molecular weight is 457 g/mol. The van der Waals surface area contributed by atoms with Crippen molar-refractivity contribution in [2.75, 3.05) is 13.2 Å². The maximum absolute atomic E-state index is 12.9. The van der Waals surface area contributed by atoms with E-state index < -0.39 is 11.8 Å². The molecule has 0 N–H and O–H groups in total. The molecule has 2 aromatic carbocycles. The Kier molecular flexibility index (Phi) is 6.40. The zero-order valence-electron chi connectivity index (χ0n) is 20.0. The fraction of sp³-hybridized carbons (Fsp3) is 0.400. The lowest BCUT2D eigenvalue weighted by atomic mass is 9.71. The third-order valence-electron chi connectivity index (χ3n) is 7.45. The lowest BCUT2D eigenvalue weighted by molar-refractivity contribution is -0.156. The summed E-state index contributed by atoms with van der Waals surface area (Å²) in [5.74, 6) is -2.01. The van der Waals surface area contributed by atoms with Gasteiger partial charge in [-0.05, 0) is 72.9 Å². The average Bonchev–Trinajstić information content (AvgIpc) is 2.80. The standard InChI is InChI=1S/C30H32O4/c1-3-33-29(31)25-15-13-23-24(14-16-26(25)30(32)34-4-2)28-18-20-6-5-19-7-9-21(27(23)17-19)11-12-22(28)10-8-20/h7-10,13-18,23-26H,3-6,11-12H2,1-2H3/b15-13+,16-14+/t23-,24+,25-,26+. The number of aryl methyl sites for hydroxylation is 4. The van der Waals surface area contributed by atoms with Crippen LogP contribution in [0.5, 0.6) is 0 Å². The Bertz CT molecular complexity index is 1070. The van der Waals surface area contributed by atoms with Crippen LogP contribution < -0.4 is 0 Å². The predicted octanol–water partition coefficient (Wildman–Crippen LogP) is 5.24. The monoisotopic (exact) mass is 456 g/mol. The molecule has 4 heteroatoms. The lowest BCUT2D eigenvalue weighted by Gasteiger charge is -2.33. The lowest BCUT2D eigenvalue weighted by Crippen LogP contribution is -2.31. The normalized spacial score (nSPS) is 26.4. The van der Waals surface area contributed by atoms with Crippen LogP contribution in [0, 0.1) is 11.8 Å². The van der Waals surface area contributed by atoms with Gasteiger partial charge < -0.3 is 9.47 Å². The molecule has 176 valence electrons. The molecule has 0 fully saturated rings. The topological polar surface area (TPSA) is 52.6 Å². The van der Waals surface area contributed by atoms with Crippen LogP contribution >= 0.6 is 0 Å². The molecule has 0 spiro atoms. The summed E-state index contributed by atoms with van der Waals surface area (Å²) in [4.78, 5) is 25.8. The number of carbonyl (C=O) groups is 2. The molecular weight excluding hydrogens is 424 g/mol. The summed E-state index contributed by atoms with van der Waals surface area (Å²) in [6, 6.07) is 13.9. The van der Waals surface area contributed by atoms with Crippen molar-refractivity contribution >= 4 is 11.9 Å². The van der Waals surface area contributed by atoms with E-state index in [4.69, 9.17) is 9.47 Å². The third kappa shape index (κ3) is 4.22. The number of hydrogen-bond acceptors (Lipinski definition) is 4. The van der Waals surface area contributed by atoms with Gasteiger partial charge in [0, 0.05) is 11.8 Å². The Balaban J connectivity index is 1.69. The summed E-state index contributed by atoms with van der Waals surface area (Å²) < 4.78 is 10.7. The Morgan fingerprint density at radius 1 is 0.676 bits per heavy atom. The minimum absolute atomic E-state index is 0.0821. The first kappa shape index (κ1) is 22.6. The first-order valence-electron chi connectivity index (χ1n) is 12.5. The molecule has 0 saturated heterocycles.